The van der Waals surface area contributed by atoms with Crippen molar-refractivity contribution in [3.8, 4) is 5.75 Å². The molecule has 0 saturated heterocycles. The molecule has 4 rings (SSSR count). The second-order valence-electron chi connectivity index (χ2n) is 7.20. The van der Waals surface area contributed by atoms with Crippen LogP contribution in [0.5, 0.6) is 5.75 Å². The molecular weight excluding hydrogens is 376 g/mol. The maximum absolute atomic E-state index is 13.4. The minimum atomic E-state index is -0.378. The molecule has 1 N–H and O–H groups in total. The van der Waals surface area contributed by atoms with Gasteiger partial charge in [0.2, 0.25) is 0 Å². The van der Waals surface area contributed by atoms with Gasteiger partial charge in [0.15, 0.2) is 0 Å². The summed E-state index contributed by atoms with van der Waals surface area (Å²) < 4.78 is 5.20. The number of carbonyl (C=O) groups excluding carboxylic acids is 2. The lowest BCUT2D eigenvalue weighted by Gasteiger charge is -2.15. The molecule has 150 valence electrons. The van der Waals surface area contributed by atoms with Gasteiger partial charge in [-0.1, -0.05) is 42.0 Å². The average Bonchev–Trinajstić information content (AvgIpc) is 2.99. The monoisotopic (exact) mass is 398 g/mol. The van der Waals surface area contributed by atoms with Gasteiger partial charge < -0.3 is 10.1 Å². The van der Waals surface area contributed by atoms with E-state index in [-0.39, 0.29) is 17.5 Å². The summed E-state index contributed by atoms with van der Waals surface area (Å²) in [4.78, 5) is 28.0. The molecule has 0 aliphatic carbocycles. The summed E-state index contributed by atoms with van der Waals surface area (Å²) in [7, 11) is 1.60. The fraction of sp³-hybridized carbons (Fsp3) is 0.120. The van der Waals surface area contributed by atoms with Crippen LogP contribution in [0.2, 0.25) is 0 Å². The van der Waals surface area contributed by atoms with E-state index in [1.54, 1.807) is 31.4 Å². The van der Waals surface area contributed by atoms with Gasteiger partial charge in [0.1, 0.15) is 11.4 Å². The largest absolute Gasteiger partial charge is 0.497 e. The highest BCUT2D eigenvalue weighted by atomic mass is 16.5. The summed E-state index contributed by atoms with van der Waals surface area (Å²) in [6.45, 7) is 3.95. The minimum Gasteiger partial charge on any atom is -0.497 e. The number of anilines is 2. The molecule has 1 heterocycles. The Kier molecular flexibility index (Phi) is 5.11. The first-order chi connectivity index (χ1) is 14.5. The summed E-state index contributed by atoms with van der Waals surface area (Å²) in [5, 5.41) is 3.17. The Morgan fingerprint density at radius 1 is 0.833 bits per heavy atom. The standard InChI is InChI=1S/C25H22N2O3/c1-16-9-14-21(17(2)15-16)22-23(26-18-10-12-20(30-3)13-11-18)25(29)27(24(22)28)19-7-5-4-6-8-19/h4-15,26H,1-3H3. The number of methoxy groups -OCH3 is 1. The van der Waals surface area contributed by atoms with Gasteiger partial charge in [-0.3, -0.25) is 9.59 Å². The lowest BCUT2D eigenvalue weighted by molar-refractivity contribution is -0.120. The van der Waals surface area contributed by atoms with E-state index >= 15 is 0 Å². The highest BCUT2D eigenvalue weighted by Gasteiger charge is 2.40. The number of para-hydroxylation sites is 1. The lowest BCUT2D eigenvalue weighted by atomic mass is 9.97. The van der Waals surface area contributed by atoms with Gasteiger partial charge >= 0.3 is 0 Å². The normalized spacial score (nSPS) is 13.8. The van der Waals surface area contributed by atoms with Crippen molar-refractivity contribution < 1.29 is 14.3 Å². The van der Waals surface area contributed by atoms with Gasteiger partial charge in [-0.2, -0.15) is 0 Å². The first-order valence-electron chi connectivity index (χ1n) is 9.66. The molecule has 1 aliphatic heterocycles. The van der Waals surface area contributed by atoms with E-state index in [0.29, 0.717) is 22.7 Å². The molecular formula is C25H22N2O3. The smallest absolute Gasteiger partial charge is 0.282 e. The zero-order valence-corrected chi connectivity index (χ0v) is 17.1. The number of nitrogens with one attached hydrogen (secondary N) is 1. The summed E-state index contributed by atoms with van der Waals surface area (Å²) in [5.74, 6) is -0.00460. The highest BCUT2D eigenvalue weighted by molar-refractivity contribution is 6.46. The predicted molar refractivity (Wildman–Crippen MR) is 118 cm³/mol. The molecule has 30 heavy (non-hydrogen) atoms. The van der Waals surface area contributed by atoms with Crippen LogP contribution in [0.1, 0.15) is 16.7 Å². The lowest BCUT2D eigenvalue weighted by Crippen LogP contribution is -2.32. The zero-order chi connectivity index (χ0) is 21.3. The van der Waals surface area contributed by atoms with Crippen LogP contribution in [-0.4, -0.2) is 18.9 Å². The van der Waals surface area contributed by atoms with Crippen molar-refractivity contribution in [1.29, 1.82) is 0 Å². The first-order valence-corrected chi connectivity index (χ1v) is 9.66. The molecule has 0 fully saturated rings. The molecule has 2 amide bonds. The Balaban J connectivity index is 1.83. The molecule has 1 aliphatic rings. The molecule has 0 unspecified atom stereocenters. The number of ether oxygens (including phenoxy) is 1. The molecule has 0 bridgehead atoms. The Morgan fingerprint density at radius 3 is 2.17 bits per heavy atom. The van der Waals surface area contributed by atoms with Crippen LogP contribution < -0.4 is 15.0 Å². The third-order valence-corrected chi connectivity index (χ3v) is 5.11. The maximum atomic E-state index is 13.4. The molecule has 0 aromatic heterocycles. The summed E-state index contributed by atoms with van der Waals surface area (Å²) in [5.41, 5.74) is 4.66. The van der Waals surface area contributed by atoms with E-state index in [1.807, 2.05) is 62.4 Å². The Hall–Kier alpha value is -3.86. The van der Waals surface area contributed by atoms with Crippen LogP contribution in [0.15, 0.2) is 78.5 Å². The van der Waals surface area contributed by atoms with E-state index in [0.717, 1.165) is 16.7 Å². The van der Waals surface area contributed by atoms with Gasteiger partial charge in [0.05, 0.1) is 18.4 Å². The number of hydrogen-bond acceptors (Lipinski definition) is 4. The van der Waals surface area contributed by atoms with Crippen LogP contribution in [0.4, 0.5) is 11.4 Å². The number of nitrogens with zero attached hydrogens (tertiary/aromatic N) is 1. The molecule has 5 heteroatoms. The summed E-state index contributed by atoms with van der Waals surface area (Å²) in [6.07, 6.45) is 0. The second kappa shape index (κ2) is 7.87. The molecule has 0 radical (unpaired) electrons. The van der Waals surface area contributed by atoms with Crippen molar-refractivity contribution >= 4 is 28.8 Å². The van der Waals surface area contributed by atoms with Crippen molar-refractivity contribution in [2.45, 2.75) is 13.8 Å². The zero-order valence-electron chi connectivity index (χ0n) is 17.1. The third-order valence-electron chi connectivity index (χ3n) is 5.11. The van der Waals surface area contributed by atoms with E-state index in [1.165, 1.54) is 4.90 Å². The van der Waals surface area contributed by atoms with Crippen LogP contribution in [0.25, 0.3) is 5.57 Å². The Labute approximate surface area is 175 Å². The number of aryl methyl sites for hydroxylation is 2. The van der Waals surface area contributed by atoms with E-state index < -0.39 is 0 Å². The fourth-order valence-electron chi connectivity index (χ4n) is 3.62. The second-order valence-corrected chi connectivity index (χ2v) is 7.20. The topological polar surface area (TPSA) is 58.6 Å². The number of carbonyl (C=O) groups is 2. The van der Waals surface area contributed by atoms with Gasteiger partial charge in [0, 0.05) is 5.69 Å². The van der Waals surface area contributed by atoms with E-state index in [4.69, 9.17) is 4.74 Å². The number of hydrogen-bond donors (Lipinski definition) is 1. The van der Waals surface area contributed by atoms with E-state index in [9.17, 15) is 9.59 Å². The predicted octanol–water partition coefficient (Wildman–Crippen LogP) is 4.71. The van der Waals surface area contributed by atoms with Gasteiger partial charge in [-0.25, -0.2) is 4.90 Å². The minimum absolute atomic E-state index is 0.265. The molecule has 0 saturated carbocycles. The number of benzene rings is 3. The van der Waals surface area contributed by atoms with E-state index in [2.05, 4.69) is 5.32 Å². The molecule has 3 aromatic rings. The van der Waals surface area contributed by atoms with Crippen LogP contribution in [0, 0.1) is 13.8 Å². The van der Waals surface area contributed by atoms with Gasteiger partial charge in [-0.15, -0.1) is 0 Å². The molecule has 3 aromatic carbocycles. The first kappa shape index (κ1) is 19.5. The van der Waals surface area contributed by atoms with Crippen LogP contribution in [0.3, 0.4) is 0 Å². The number of imide groups is 1. The molecule has 0 atom stereocenters. The van der Waals surface area contributed by atoms with Crippen molar-refractivity contribution in [2.75, 3.05) is 17.3 Å². The van der Waals surface area contributed by atoms with Crippen LogP contribution in [-0.2, 0) is 9.59 Å². The summed E-state index contributed by atoms with van der Waals surface area (Å²) in [6, 6.07) is 22.1. The van der Waals surface area contributed by atoms with Crippen molar-refractivity contribution in [1.82, 2.24) is 0 Å². The quantitative estimate of drug-likeness (QED) is 0.633. The average molecular weight is 398 g/mol. The number of amides is 2. The molecule has 5 nitrogen and oxygen atoms in total. The third kappa shape index (κ3) is 3.46. The Morgan fingerprint density at radius 2 is 1.53 bits per heavy atom. The summed E-state index contributed by atoms with van der Waals surface area (Å²) >= 11 is 0. The van der Waals surface area contributed by atoms with Gasteiger partial charge in [-0.05, 0) is 61.4 Å². The van der Waals surface area contributed by atoms with Crippen molar-refractivity contribution in [3.05, 3.63) is 95.2 Å². The SMILES string of the molecule is COc1ccc(NC2=C(c3ccc(C)cc3C)C(=O)N(c3ccccc3)C2=O)cc1. The number of rotatable bonds is 5. The van der Waals surface area contributed by atoms with Gasteiger partial charge in [0.25, 0.3) is 11.8 Å². The van der Waals surface area contributed by atoms with Crippen molar-refractivity contribution in [2.24, 2.45) is 0 Å². The molecule has 0 spiro atoms. The van der Waals surface area contributed by atoms with Crippen LogP contribution >= 0.6 is 0 Å². The van der Waals surface area contributed by atoms with Crippen molar-refractivity contribution in [3.63, 3.8) is 0 Å². The Bertz CT molecular complexity index is 1150. The maximum Gasteiger partial charge on any atom is 0.282 e. The fourth-order valence-corrected chi connectivity index (χ4v) is 3.62. The highest BCUT2D eigenvalue weighted by Crippen LogP contribution is 2.35.